The Morgan fingerprint density at radius 1 is 1.11 bits per heavy atom. The van der Waals surface area contributed by atoms with Gasteiger partial charge in [-0.1, -0.05) is 37.6 Å². The zero-order valence-electron chi connectivity index (χ0n) is 16.8. The van der Waals surface area contributed by atoms with Crippen LogP contribution in [0.1, 0.15) is 50.6 Å². The molecule has 27 heavy (non-hydrogen) atoms. The monoisotopic (exact) mass is 366 g/mol. The van der Waals surface area contributed by atoms with Crippen molar-refractivity contribution < 1.29 is 0 Å². The van der Waals surface area contributed by atoms with Gasteiger partial charge in [0.05, 0.1) is 6.54 Å². The van der Waals surface area contributed by atoms with Crippen molar-refractivity contribution in [1.29, 1.82) is 0 Å². The van der Waals surface area contributed by atoms with Crippen LogP contribution in [0.2, 0.25) is 0 Å². The molecule has 1 aromatic carbocycles. The summed E-state index contributed by atoms with van der Waals surface area (Å²) in [6, 6.07) is 9.35. The number of imidazole rings is 1. The Balaban J connectivity index is 1.86. The number of nitrogens with zero attached hydrogens (tertiary/aromatic N) is 5. The minimum absolute atomic E-state index is 0.448. The summed E-state index contributed by atoms with van der Waals surface area (Å²) in [5, 5.41) is 0. The molecular formula is C21H30N6. The smallest absolute Gasteiger partial charge is 0.165 e. The average molecular weight is 367 g/mol. The van der Waals surface area contributed by atoms with E-state index in [0.29, 0.717) is 17.4 Å². The molecule has 0 aliphatic rings. The van der Waals surface area contributed by atoms with Gasteiger partial charge in [-0.3, -0.25) is 4.90 Å². The molecule has 2 aromatic heterocycles. The summed E-state index contributed by atoms with van der Waals surface area (Å²) in [5.74, 6) is 1.48. The van der Waals surface area contributed by atoms with Gasteiger partial charge >= 0.3 is 0 Å². The third kappa shape index (κ3) is 4.45. The molecule has 0 bridgehead atoms. The van der Waals surface area contributed by atoms with Crippen molar-refractivity contribution >= 4 is 17.0 Å². The molecular weight excluding hydrogens is 336 g/mol. The Hall–Kier alpha value is -2.47. The van der Waals surface area contributed by atoms with Gasteiger partial charge in [0.2, 0.25) is 0 Å². The molecule has 0 saturated heterocycles. The van der Waals surface area contributed by atoms with Gasteiger partial charge in [-0.15, -0.1) is 0 Å². The highest BCUT2D eigenvalue weighted by Crippen LogP contribution is 2.21. The molecule has 2 heterocycles. The first-order valence-electron chi connectivity index (χ1n) is 9.73. The summed E-state index contributed by atoms with van der Waals surface area (Å²) in [6.45, 7) is 8.31. The summed E-state index contributed by atoms with van der Waals surface area (Å²) in [4.78, 5) is 15.6. The van der Waals surface area contributed by atoms with Gasteiger partial charge in [-0.2, -0.15) is 0 Å². The quantitative estimate of drug-likeness (QED) is 0.659. The van der Waals surface area contributed by atoms with Crippen LogP contribution in [0.25, 0.3) is 11.2 Å². The van der Waals surface area contributed by atoms with Gasteiger partial charge in [0.25, 0.3) is 0 Å². The third-order valence-corrected chi connectivity index (χ3v) is 5.07. The number of benzene rings is 1. The lowest BCUT2D eigenvalue weighted by atomic mass is 10.1. The lowest BCUT2D eigenvalue weighted by Crippen LogP contribution is -2.25. The van der Waals surface area contributed by atoms with Gasteiger partial charge in [0.15, 0.2) is 17.0 Å². The number of nitrogens with two attached hydrogens (primary N) is 1. The van der Waals surface area contributed by atoms with Gasteiger partial charge in [-0.25, -0.2) is 15.0 Å². The molecule has 2 N–H and O–H groups in total. The van der Waals surface area contributed by atoms with E-state index in [9.17, 15) is 0 Å². The highest BCUT2D eigenvalue weighted by molar-refractivity contribution is 5.81. The van der Waals surface area contributed by atoms with E-state index in [0.717, 1.165) is 43.8 Å². The number of hydrogen-bond donors (Lipinski definition) is 1. The first kappa shape index (κ1) is 19.3. The molecule has 0 amide bonds. The van der Waals surface area contributed by atoms with Crippen molar-refractivity contribution in [2.24, 2.45) is 0 Å². The standard InChI is InChI=1S/C21H30N6/c1-5-6-7-18-25-19-20(22)23-14-24-21(19)27(18)13-17-10-8-16(9-11-17)12-26(4)15(2)3/h8-11,14-15H,5-7,12-13H2,1-4H3,(H2,22,23,24). The lowest BCUT2D eigenvalue weighted by molar-refractivity contribution is 0.266. The maximum Gasteiger partial charge on any atom is 0.165 e. The molecule has 0 spiro atoms. The molecule has 0 aliphatic carbocycles. The van der Waals surface area contributed by atoms with Crippen molar-refractivity contribution in [3.05, 3.63) is 47.5 Å². The number of nitrogen functional groups attached to an aromatic ring is 1. The van der Waals surface area contributed by atoms with Crippen LogP contribution in [-0.4, -0.2) is 37.5 Å². The molecule has 3 aromatic rings. The normalized spacial score (nSPS) is 11.8. The summed E-state index contributed by atoms with van der Waals surface area (Å²) < 4.78 is 2.18. The molecule has 0 saturated carbocycles. The molecule has 6 nitrogen and oxygen atoms in total. The lowest BCUT2D eigenvalue weighted by Gasteiger charge is -2.21. The Morgan fingerprint density at radius 2 is 1.81 bits per heavy atom. The van der Waals surface area contributed by atoms with E-state index in [1.54, 1.807) is 0 Å². The van der Waals surface area contributed by atoms with Gasteiger partial charge < -0.3 is 10.3 Å². The van der Waals surface area contributed by atoms with Crippen molar-refractivity contribution in [2.75, 3.05) is 12.8 Å². The van der Waals surface area contributed by atoms with Gasteiger partial charge in [-0.05, 0) is 38.4 Å². The van der Waals surface area contributed by atoms with E-state index in [-0.39, 0.29) is 0 Å². The molecule has 0 fully saturated rings. The number of unbranched alkanes of at least 4 members (excludes halogenated alkanes) is 1. The second kappa shape index (κ2) is 8.48. The van der Waals surface area contributed by atoms with Crippen LogP contribution in [0.5, 0.6) is 0 Å². The van der Waals surface area contributed by atoms with Crippen LogP contribution in [0, 0.1) is 0 Å². The van der Waals surface area contributed by atoms with Gasteiger partial charge in [0.1, 0.15) is 12.2 Å². The number of anilines is 1. The minimum atomic E-state index is 0.448. The van der Waals surface area contributed by atoms with E-state index >= 15 is 0 Å². The maximum absolute atomic E-state index is 6.02. The Kier molecular flexibility index (Phi) is 6.06. The Labute approximate surface area is 161 Å². The largest absolute Gasteiger partial charge is 0.382 e. The summed E-state index contributed by atoms with van der Waals surface area (Å²) >= 11 is 0. The summed E-state index contributed by atoms with van der Waals surface area (Å²) in [6.07, 6.45) is 4.66. The zero-order chi connectivity index (χ0) is 19.4. The topological polar surface area (TPSA) is 72.9 Å². The number of aromatic nitrogens is 4. The summed E-state index contributed by atoms with van der Waals surface area (Å²) in [5.41, 5.74) is 10.1. The van der Waals surface area contributed by atoms with Crippen molar-refractivity contribution in [2.45, 2.75) is 59.2 Å². The van der Waals surface area contributed by atoms with E-state index in [2.05, 4.69) is 71.5 Å². The van der Waals surface area contributed by atoms with Crippen molar-refractivity contribution in [1.82, 2.24) is 24.4 Å². The van der Waals surface area contributed by atoms with Crippen molar-refractivity contribution in [3.8, 4) is 0 Å². The number of rotatable bonds is 8. The van der Waals surface area contributed by atoms with E-state index in [1.807, 2.05) is 0 Å². The minimum Gasteiger partial charge on any atom is -0.382 e. The first-order valence-corrected chi connectivity index (χ1v) is 9.73. The number of hydrogen-bond acceptors (Lipinski definition) is 5. The predicted molar refractivity (Wildman–Crippen MR) is 110 cm³/mol. The fourth-order valence-electron chi connectivity index (χ4n) is 3.09. The summed E-state index contributed by atoms with van der Waals surface area (Å²) in [7, 11) is 2.15. The number of aryl methyl sites for hydroxylation is 1. The van der Waals surface area contributed by atoms with Crippen LogP contribution >= 0.6 is 0 Å². The molecule has 0 aliphatic heterocycles. The second-order valence-corrected chi connectivity index (χ2v) is 7.47. The van der Waals surface area contributed by atoms with E-state index in [4.69, 9.17) is 10.7 Å². The first-order chi connectivity index (χ1) is 13.0. The van der Waals surface area contributed by atoms with Gasteiger partial charge in [0, 0.05) is 19.0 Å². The van der Waals surface area contributed by atoms with Crippen LogP contribution < -0.4 is 5.73 Å². The highest BCUT2D eigenvalue weighted by atomic mass is 15.2. The van der Waals surface area contributed by atoms with Crippen LogP contribution in [0.3, 0.4) is 0 Å². The number of fused-ring (bicyclic) bond motifs is 1. The Morgan fingerprint density at radius 3 is 2.48 bits per heavy atom. The molecule has 144 valence electrons. The Bertz CT molecular complexity index is 882. The zero-order valence-corrected chi connectivity index (χ0v) is 16.8. The van der Waals surface area contributed by atoms with E-state index in [1.165, 1.54) is 17.5 Å². The predicted octanol–water partition coefficient (Wildman–Crippen LogP) is 3.64. The van der Waals surface area contributed by atoms with E-state index < -0.39 is 0 Å². The highest BCUT2D eigenvalue weighted by Gasteiger charge is 2.15. The fraction of sp³-hybridized carbons (Fsp3) is 0.476. The van der Waals surface area contributed by atoms with Crippen LogP contribution in [0.4, 0.5) is 5.82 Å². The molecule has 6 heteroatoms. The third-order valence-electron chi connectivity index (χ3n) is 5.07. The molecule has 3 rings (SSSR count). The molecule has 0 radical (unpaired) electrons. The maximum atomic E-state index is 6.02. The van der Waals surface area contributed by atoms with Crippen LogP contribution in [0.15, 0.2) is 30.6 Å². The molecule has 0 unspecified atom stereocenters. The fourth-order valence-corrected chi connectivity index (χ4v) is 3.09. The van der Waals surface area contributed by atoms with Crippen LogP contribution in [-0.2, 0) is 19.5 Å². The average Bonchev–Trinajstić information content (AvgIpc) is 3.00. The SMILES string of the molecule is CCCCc1nc2c(N)ncnc2n1Cc1ccc(CN(C)C(C)C)cc1. The second-order valence-electron chi connectivity index (χ2n) is 7.47. The molecule has 0 atom stereocenters. The van der Waals surface area contributed by atoms with Crippen molar-refractivity contribution in [3.63, 3.8) is 0 Å².